The maximum absolute atomic E-state index is 12.9. The fraction of sp³-hybridized carbons (Fsp3) is 0.682. The summed E-state index contributed by atoms with van der Waals surface area (Å²) >= 11 is 0. The van der Waals surface area contributed by atoms with Crippen molar-refractivity contribution in [3.63, 3.8) is 0 Å². The summed E-state index contributed by atoms with van der Waals surface area (Å²) in [4.78, 5) is 14.8. The van der Waals surface area contributed by atoms with E-state index in [-0.39, 0.29) is 24.3 Å². The molecule has 3 aliphatic rings. The summed E-state index contributed by atoms with van der Waals surface area (Å²) in [5.74, 6) is 0.786. The minimum atomic E-state index is -0.107. The first-order chi connectivity index (χ1) is 14.3. The predicted molar refractivity (Wildman–Crippen MR) is 109 cm³/mol. The van der Waals surface area contributed by atoms with Gasteiger partial charge in [0.15, 0.2) is 0 Å². The van der Waals surface area contributed by atoms with Crippen LogP contribution in [0.1, 0.15) is 38.5 Å². The van der Waals surface area contributed by atoms with Gasteiger partial charge in [0.25, 0.3) is 0 Å². The molecule has 3 saturated heterocycles. The van der Waals surface area contributed by atoms with Gasteiger partial charge in [0.2, 0.25) is 0 Å². The molecule has 2 amide bonds. The Morgan fingerprint density at radius 1 is 0.897 bits per heavy atom. The van der Waals surface area contributed by atoms with E-state index in [1.54, 1.807) is 0 Å². The molecule has 0 spiro atoms. The average molecular weight is 405 g/mol. The largest absolute Gasteiger partial charge is 0.491 e. The van der Waals surface area contributed by atoms with Crippen LogP contribution >= 0.6 is 0 Å². The molecule has 0 aliphatic carbocycles. The second-order valence-electron chi connectivity index (χ2n) is 8.08. The summed E-state index contributed by atoms with van der Waals surface area (Å²) in [5, 5.41) is 3.01. The Bertz CT molecular complexity index is 617. The molecule has 0 bridgehead atoms. The molecule has 1 N–H and O–H groups in total. The first-order valence-corrected chi connectivity index (χ1v) is 10.9. The Labute approximate surface area is 172 Å². The van der Waals surface area contributed by atoms with E-state index in [1.807, 2.05) is 29.2 Å². The highest BCUT2D eigenvalue weighted by atomic mass is 16.5. The van der Waals surface area contributed by atoms with Crippen molar-refractivity contribution in [3.05, 3.63) is 24.3 Å². The van der Waals surface area contributed by atoms with Crippen molar-refractivity contribution in [1.29, 1.82) is 0 Å². The van der Waals surface area contributed by atoms with E-state index in [4.69, 9.17) is 18.9 Å². The van der Waals surface area contributed by atoms with Crippen LogP contribution < -0.4 is 10.1 Å². The fourth-order valence-electron chi connectivity index (χ4n) is 4.11. The van der Waals surface area contributed by atoms with Gasteiger partial charge in [0.1, 0.15) is 12.4 Å². The number of benzene rings is 1. The SMILES string of the molecule is O=C(Nc1ccc(OC[C@@H]2CCCO2)cc1)N(C[C@@H]1CCCO1)C[C@@H]1CCCO1. The van der Waals surface area contributed by atoms with Gasteiger partial charge in [-0.25, -0.2) is 4.79 Å². The van der Waals surface area contributed by atoms with E-state index in [0.29, 0.717) is 19.7 Å². The second-order valence-corrected chi connectivity index (χ2v) is 8.08. The Kier molecular flexibility index (Phi) is 7.24. The molecule has 1 aromatic rings. The van der Waals surface area contributed by atoms with Crippen LogP contribution in [0.25, 0.3) is 0 Å². The zero-order chi connectivity index (χ0) is 19.9. The van der Waals surface area contributed by atoms with Crippen LogP contribution in [0.15, 0.2) is 24.3 Å². The summed E-state index contributed by atoms with van der Waals surface area (Å²) in [7, 11) is 0. The molecule has 3 heterocycles. The van der Waals surface area contributed by atoms with Gasteiger partial charge < -0.3 is 29.2 Å². The summed E-state index contributed by atoms with van der Waals surface area (Å²) in [6.07, 6.45) is 6.73. The van der Waals surface area contributed by atoms with Crippen molar-refractivity contribution in [2.45, 2.75) is 56.8 Å². The Hall–Kier alpha value is -1.83. The molecule has 0 aromatic heterocycles. The summed E-state index contributed by atoms with van der Waals surface area (Å²) in [5.41, 5.74) is 0.754. The highest BCUT2D eigenvalue weighted by Gasteiger charge is 2.27. The molecule has 7 heteroatoms. The Morgan fingerprint density at radius 3 is 1.97 bits per heavy atom. The predicted octanol–water partition coefficient (Wildman–Crippen LogP) is 3.44. The maximum atomic E-state index is 12.9. The number of hydrogen-bond donors (Lipinski definition) is 1. The monoisotopic (exact) mass is 404 g/mol. The quantitative estimate of drug-likeness (QED) is 0.719. The number of anilines is 1. The van der Waals surface area contributed by atoms with Crippen LogP contribution in [0.5, 0.6) is 5.75 Å². The lowest BCUT2D eigenvalue weighted by molar-refractivity contribution is 0.0524. The number of urea groups is 1. The van der Waals surface area contributed by atoms with E-state index in [0.717, 1.165) is 69.8 Å². The maximum Gasteiger partial charge on any atom is 0.322 e. The summed E-state index contributed by atoms with van der Waals surface area (Å²) in [6, 6.07) is 7.41. The van der Waals surface area contributed by atoms with Gasteiger partial charge in [-0.3, -0.25) is 0 Å². The molecule has 3 aliphatic heterocycles. The van der Waals surface area contributed by atoms with Crippen LogP contribution in [0.2, 0.25) is 0 Å². The Balaban J connectivity index is 1.30. The van der Waals surface area contributed by atoms with E-state index >= 15 is 0 Å². The van der Waals surface area contributed by atoms with Crippen molar-refractivity contribution in [1.82, 2.24) is 4.90 Å². The third-order valence-electron chi connectivity index (χ3n) is 5.75. The van der Waals surface area contributed by atoms with Gasteiger partial charge in [-0.2, -0.15) is 0 Å². The average Bonchev–Trinajstić information content (AvgIpc) is 3.51. The first-order valence-electron chi connectivity index (χ1n) is 10.9. The highest BCUT2D eigenvalue weighted by molar-refractivity contribution is 5.89. The molecule has 4 rings (SSSR count). The lowest BCUT2D eigenvalue weighted by atomic mass is 10.2. The molecule has 3 fully saturated rings. The normalized spacial score (nSPS) is 26.6. The van der Waals surface area contributed by atoms with E-state index in [1.165, 1.54) is 0 Å². The van der Waals surface area contributed by atoms with Crippen molar-refractivity contribution >= 4 is 11.7 Å². The molecule has 3 atom stereocenters. The number of amides is 2. The van der Waals surface area contributed by atoms with Crippen molar-refractivity contribution < 1.29 is 23.7 Å². The van der Waals surface area contributed by atoms with Gasteiger partial charge in [-0.15, -0.1) is 0 Å². The molecular formula is C22H32N2O5. The van der Waals surface area contributed by atoms with E-state index in [2.05, 4.69) is 5.32 Å². The third kappa shape index (κ3) is 6.07. The third-order valence-corrected chi connectivity index (χ3v) is 5.75. The molecule has 160 valence electrons. The van der Waals surface area contributed by atoms with Gasteiger partial charge in [0.05, 0.1) is 18.3 Å². The molecular weight excluding hydrogens is 372 g/mol. The molecule has 0 unspecified atom stereocenters. The number of nitrogens with one attached hydrogen (secondary N) is 1. The lowest BCUT2D eigenvalue weighted by Gasteiger charge is -2.28. The van der Waals surface area contributed by atoms with Crippen molar-refractivity contribution in [2.75, 3.05) is 44.8 Å². The first kappa shape index (κ1) is 20.4. The van der Waals surface area contributed by atoms with Crippen molar-refractivity contribution in [3.8, 4) is 5.75 Å². The number of nitrogens with zero attached hydrogens (tertiary/aromatic N) is 1. The zero-order valence-corrected chi connectivity index (χ0v) is 17.0. The zero-order valence-electron chi connectivity index (χ0n) is 17.0. The van der Waals surface area contributed by atoms with E-state index in [9.17, 15) is 4.79 Å². The van der Waals surface area contributed by atoms with Crippen LogP contribution in [0, 0.1) is 0 Å². The van der Waals surface area contributed by atoms with Crippen LogP contribution in [-0.2, 0) is 14.2 Å². The lowest BCUT2D eigenvalue weighted by Crippen LogP contribution is -2.44. The van der Waals surface area contributed by atoms with Crippen LogP contribution in [0.4, 0.5) is 10.5 Å². The second kappa shape index (κ2) is 10.3. The number of rotatable bonds is 8. The van der Waals surface area contributed by atoms with Crippen LogP contribution in [-0.4, -0.2) is 68.8 Å². The molecule has 0 saturated carbocycles. The number of ether oxygens (including phenoxy) is 4. The minimum Gasteiger partial charge on any atom is -0.491 e. The number of carbonyl (C=O) groups is 1. The topological polar surface area (TPSA) is 69.3 Å². The summed E-state index contributed by atoms with van der Waals surface area (Å²) in [6.45, 7) is 4.18. The van der Waals surface area contributed by atoms with Crippen molar-refractivity contribution in [2.24, 2.45) is 0 Å². The Morgan fingerprint density at radius 2 is 1.45 bits per heavy atom. The van der Waals surface area contributed by atoms with Gasteiger partial charge >= 0.3 is 6.03 Å². The van der Waals surface area contributed by atoms with Gasteiger partial charge in [-0.1, -0.05) is 0 Å². The molecule has 29 heavy (non-hydrogen) atoms. The van der Waals surface area contributed by atoms with Gasteiger partial charge in [0, 0.05) is 38.6 Å². The molecule has 1 aromatic carbocycles. The summed E-state index contributed by atoms with van der Waals surface area (Å²) < 4.78 is 22.9. The van der Waals surface area contributed by atoms with Crippen LogP contribution in [0.3, 0.4) is 0 Å². The van der Waals surface area contributed by atoms with Gasteiger partial charge in [-0.05, 0) is 62.8 Å². The molecule has 0 radical (unpaired) electrons. The fourth-order valence-corrected chi connectivity index (χ4v) is 4.11. The number of hydrogen-bond acceptors (Lipinski definition) is 5. The highest BCUT2D eigenvalue weighted by Crippen LogP contribution is 2.21. The number of carbonyl (C=O) groups excluding carboxylic acids is 1. The van der Waals surface area contributed by atoms with E-state index < -0.39 is 0 Å². The molecule has 7 nitrogen and oxygen atoms in total. The minimum absolute atomic E-state index is 0.107. The standard InChI is InChI=1S/C22H32N2O5/c25-22(24(14-19-4-1-11-26-19)15-20-5-2-12-27-20)23-17-7-9-18(10-8-17)29-16-21-6-3-13-28-21/h7-10,19-21H,1-6,11-16H2,(H,23,25)/t19-,20-,21-/m0/s1. The smallest absolute Gasteiger partial charge is 0.322 e.